The third kappa shape index (κ3) is 3.54. The van der Waals surface area contributed by atoms with E-state index >= 15 is 0 Å². The number of ether oxygens (including phenoxy) is 2. The Morgan fingerprint density at radius 1 is 1.12 bits per heavy atom. The lowest BCUT2D eigenvalue weighted by Crippen LogP contribution is -2.45. The summed E-state index contributed by atoms with van der Waals surface area (Å²) in [5, 5.41) is 0.889. The van der Waals surface area contributed by atoms with Crippen LogP contribution in [0.2, 0.25) is 0 Å². The second kappa shape index (κ2) is 7.24. The minimum Gasteiger partial charge on any atom is -0.493 e. The van der Waals surface area contributed by atoms with Crippen LogP contribution in [0, 0.1) is 0 Å². The van der Waals surface area contributed by atoms with Crippen LogP contribution < -0.4 is 14.4 Å². The molecule has 2 aromatic rings. The van der Waals surface area contributed by atoms with Crippen molar-refractivity contribution in [2.75, 3.05) is 45.5 Å². The Hall–Kier alpha value is -2.13. The molecule has 0 atom stereocenters. The van der Waals surface area contributed by atoms with Crippen LogP contribution in [0.1, 0.15) is 12.8 Å². The zero-order valence-electron chi connectivity index (χ0n) is 15.5. The first-order valence-electron chi connectivity index (χ1n) is 8.40. The number of rotatable bonds is 5. The summed E-state index contributed by atoms with van der Waals surface area (Å²) >= 11 is 0. The molecular weight excluding hydrogens is 356 g/mol. The fourth-order valence-corrected chi connectivity index (χ4v) is 4.09. The molecule has 0 radical (unpaired) electrons. The molecule has 0 amide bonds. The number of anilines is 1. The molecule has 26 heavy (non-hydrogen) atoms. The molecule has 0 bridgehead atoms. The average molecular weight is 380 g/mol. The van der Waals surface area contributed by atoms with E-state index in [1.807, 2.05) is 12.1 Å². The predicted molar refractivity (Wildman–Crippen MR) is 100 cm³/mol. The van der Waals surface area contributed by atoms with Gasteiger partial charge >= 0.3 is 0 Å². The predicted octanol–water partition coefficient (Wildman–Crippen LogP) is 1.51. The zero-order chi connectivity index (χ0) is 18.9. The summed E-state index contributed by atoms with van der Waals surface area (Å²) in [4.78, 5) is 11.0. The third-order valence-electron chi connectivity index (χ3n) is 4.92. The molecule has 0 unspecified atom stereocenters. The van der Waals surface area contributed by atoms with Crippen LogP contribution in [-0.4, -0.2) is 69.3 Å². The van der Waals surface area contributed by atoms with Crippen LogP contribution in [-0.2, 0) is 10.0 Å². The molecule has 1 aliphatic heterocycles. The molecule has 142 valence electrons. The van der Waals surface area contributed by atoms with E-state index in [0.717, 1.165) is 42.7 Å². The van der Waals surface area contributed by atoms with Crippen molar-refractivity contribution in [3.8, 4) is 11.5 Å². The SMILES string of the molecule is COc1cc2ncnc(N3CCC(N(C)S(C)(=O)=O)CC3)c2cc1OC. The van der Waals surface area contributed by atoms with Crippen molar-refractivity contribution in [1.29, 1.82) is 0 Å². The van der Waals surface area contributed by atoms with Crippen molar-refractivity contribution in [3.63, 3.8) is 0 Å². The fourth-order valence-electron chi connectivity index (χ4n) is 3.33. The topological polar surface area (TPSA) is 84.9 Å². The lowest BCUT2D eigenvalue weighted by Gasteiger charge is -2.36. The maximum atomic E-state index is 11.8. The number of fused-ring (bicyclic) bond motifs is 1. The highest BCUT2D eigenvalue weighted by Crippen LogP contribution is 2.35. The molecule has 0 N–H and O–H groups in total. The van der Waals surface area contributed by atoms with Gasteiger partial charge < -0.3 is 14.4 Å². The summed E-state index contributed by atoms with van der Waals surface area (Å²) in [7, 11) is 1.66. The number of benzene rings is 1. The highest BCUT2D eigenvalue weighted by Gasteiger charge is 2.28. The molecule has 0 spiro atoms. The van der Waals surface area contributed by atoms with Crippen molar-refractivity contribution in [1.82, 2.24) is 14.3 Å². The molecule has 2 heterocycles. The van der Waals surface area contributed by atoms with Crippen molar-refractivity contribution >= 4 is 26.7 Å². The molecule has 1 aromatic carbocycles. The van der Waals surface area contributed by atoms with E-state index in [9.17, 15) is 8.42 Å². The lowest BCUT2D eigenvalue weighted by molar-refractivity contribution is 0.313. The Labute approximate surface area is 153 Å². The molecule has 1 fully saturated rings. The number of hydrogen-bond donors (Lipinski definition) is 0. The van der Waals surface area contributed by atoms with Gasteiger partial charge in [0.25, 0.3) is 0 Å². The summed E-state index contributed by atoms with van der Waals surface area (Å²) in [5.74, 6) is 2.08. The standard InChI is InChI=1S/C17H24N4O4S/c1-20(26(4,22)23)12-5-7-21(8-6-12)17-13-9-15(24-2)16(25-3)10-14(13)18-11-19-17/h9-12H,5-8H2,1-4H3. The number of methoxy groups -OCH3 is 2. The molecule has 9 heteroatoms. The van der Waals surface area contributed by atoms with E-state index < -0.39 is 10.0 Å². The number of piperidine rings is 1. The average Bonchev–Trinajstić information content (AvgIpc) is 2.65. The number of aromatic nitrogens is 2. The Balaban J connectivity index is 1.88. The molecule has 0 aliphatic carbocycles. The Kier molecular flexibility index (Phi) is 5.19. The zero-order valence-corrected chi connectivity index (χ0v) is 16.3. The van der Waals surface area contributed by atoms with E-state index in [2.05, 4.69) is 14.9 Å². The summed E-state index contributed by atoms with van der Waals surface area (Å²) in [5.41, 5.74) is 0.781. The van der Waals surface area contributed by atoms with Gasteiger partial charge in [0.2, 0.25) is 10.0 Å². The summed E-state index contributed by atoms with van der Waals surface area (Å²) in [6.45, 7) is 1.45. The first kappa shape index (κ1) is 18.7. The van der Waals surface area contributed by atoms with Crippen LogP contribution in [0.25, 0.3) is 10.9 Å². The molecular formula is C17H24N4O4S. The smallest absolute Gasteiger partial charge is 0.211 e. The first-order chi connectivity index (χ1) is 12.3. The normalized spacial score (nSPS) is 16.3. The first-order valence-corrected chi connectivity index (χ1v) is 10.2. The molecule has 1 aliphatic rings. The second-order valence-electron chi connectivity index (χ2n) is 6.42. The Bertz CT molecular complexity index is 895. The van der Waals surface area contributed by atoms with E-state index in [-0.39, 0.29) is 6.04 Å². The Morgan fingerprint density at radius 2 is 1.73 bits per heavy atom. The molecule has 8 nitrogen and oxygen atoms in total. The van der Waals surface area contributed by atoms with Crippen LogP contribution in [0.15, 0.2) is 18.5 Å². The largest absolute Gasteiger partial charge is 0.493 e. The number of sulfonamides is 1. The lowest BCUT2D eigenvalue weighted by atomic mass is 10.0. The van der Waals surface area contributed by atoms with E-state index in [1.54, 1.807) is 21.3 Å². The summed E-state index contributed by atoms with van der Waals surface area (Å²) in [6.07, 6.45) is 4.29. The van der Waals surface area contributed by atoms with Gasteiger partial charge in [-0.1, -0.05) is 0 Å². The monoisotopic (exact) mass is 380 g/mol. The van der Waals surface area contributed by atoms with E-state index in [4.69, 9.17) is 9.47 Å². The van der Waals surface area contributed by atoms with Crippen molar-refractivity contribution in [3.05, 3.63) is 18.5 Å². The fraction of sp³-hybridized carbons (Fsp3) is 0.529. The summed E-state index contributed by atoms with van der Waals surface area (Å²) in [6, 6.07) is 3.74. The van der Waals surface area contributed by atoms with Crippen LogP contribution in [0.5, 0.6) is 11.5 Å². The maximum absolute atomic E-state index is 11.8. The van der Waals surface area contributed by atoms with Gasteiger partial charge in [-0.15, -0.1) is 0 Å². The second-order valence-corrected chi connectivity index (χ2v) is 8.46. The molecule has 1 saturated heterocycles. The maximum Gasteiger partial charge on any atom is 0.211 e. The number of nitrogens with zero attached hydrogens (tertiary/aromatic N) is 4. The van der Waals surface area contributed by atoms with Gasteiger partial charge in [-0.2, -0.15) is 0 Å². The molecule has 1 aromatic heterocycles. The Morgan fingerprint density at radius 3 is 2.31 bits per heavy atom. The van der Waals surface area contributed by atoms with Crippen LogP contribution >= 0.6 is 0 Å². The van der Waals surface area contributed by atoms with Gasteiger partial charge in [-0.3, -0.25) is 0 Å². The van der Waals surface area contributed by atoms with Crippen molar-refractivity contribution in [2.45, 2.75) is 18.9 Å². The van der Waals surface area contributed by atoms with Gasteiger partial charge in [-0.25, -0.2) is 22.7 Å². The highest BCUT2D eigenvalue weighted by molar-refractivity contribution is 7.88. The van der Waals surface area contributed by atoms with Crippen molar-refractivity contribution < 1.29 is 17.9 Å². The van der Waals surface area contributed by atoms with Crippen LogP contribution in [0.4, 0.5) is 5.82 Å². The highest BCUT2D eigenvalue weighted by atomic mass is 32.2. The molecule has 3 rings (SSSR count). The van der Waals surface area contributed by atoms with Crippen molar-refractivity contribution in [2.24, 2.45) is 0 Å². The minimum absolute atomic E-state index is 0.0176. The quantitative estimate of drug-likeness (QED) is 0.777. The van der Waals surface area contributed by atoms with E-state index in [0.29, 0.717) is 11.5 Å². The van der Waals surface area contributed by atoms with E-state index in [1.165, 1.54) is 16.9 Å². The summed E-state index contributed by atoms with van der Waals surface area (Å²) < 4.78 is 35.7. The number of hydrogen-bond acceptors (Lipinski definition) is 7. The van der Waals surface area contributed by atoms with Gasteiger partial charge in [0.05, 0.1) is 26.0 Å². The van der Waals surface area contributed by atoms with Gasteiger partial charge in [0.1, 0.15) is 12.1 Å². The van der Waals surface area contributed by atoms with Crippen LogP contribution in [0.3, 0.4) is 0 Å². The van der Waals surface area contributed by atoms with Gasteiger partial charge in [0, 0.05) is 37.6 Å². The van der Waals surface area contributed by atoms with Gasteiger partial charge in [0.15, 0.2) is 11.5 Å². The molecule has 0 saturated carbocycles. The third-order valence-corrected chi connectivity index (χ3v) is 6.27. The minimum atomic E-state index is -3.18. The van der Waals surface area contributed by atoms with Gasteiger partial charge in [-0.05, 0) is 18.9 Å².